The molecule has 0 unspecified atom stereocenters. The van der Waals surface area contributed by atoms with Crippen LogP contribution in [0.15, 0.2) is 48.5 Å². The number of methoxy groups -OCH3 is 1. The Hall–Kier alpha value is -2.29. The molecule has 2 aromatic rings. The van der Waals surface area contributed by atoms with Crippen LogP contribution in [0.25, 0.3) is 0 Å². The van der Waals surface area contributed by atoms with Crippen LogP contribution < -0.4 is 10.1 Å². The topological polar surface area (TPSA) is 38.3 Å². The minimum atomic E-state index is -0.0448. The lowest BCUT2D eigenvalue weighted by molar-refractivity contribution is -0.121. The number of nitrogens with one attached hydrogen (secondary N) is 1. The van der Waals surface area contributed by atoms with E-state index in [0.29, 0.717) is 6.42 Å². The molecule has 0 fully saturated rings. The van der Waals surface area contributed by atoms with Crippen LogP contribution in [0, 0.1) is 6.92 Å². The first-order valence-corrected chi connectivity index (χ1v) is 7.08. The first kappa shape index (κ1) is 15.1. The molecule has 0 bridgehead atoms. The molecular weight excluding hydrogens is 262 g/mol. The van der Waals surface area contributed by atoms with Crippen molar-refractivity contribution in [3.05, 3.63) is 65.2 Å². The molecule has 1 N–H and O–H groups in total. The summed E-state index contributed by atoms with van der Waals surface area (Å²) < 4.78 is 5.21. The Kier molecular flexibility index (Phi) is 4.99. The number of rotatable bonds is 5. The second-order valence-corrected chi connectivity index (χ2v) is 5.17. The molecule has 0 spiro atoms. The van der Waals surface area contributed by atoms with Crippen molar-refractivity contribution in [2.75, 3.05) is 7.11 Å². The summed E-state index contributed by atoms with van der Waals surface area (Å²) in [4.78, 5) is 12.2. The summed E-state index contributed by atoms with van der Waals surface area (Å²) in [7, 11) is 1.64. The Morgan fingerprint density at radius 2 is 1.95 bits per heavy atom. The molecule has 0 aliphatic heterocycles. The molecule has 110 valence electrons. The van der Waals surface area contributed by atoms with Crippen molar-refractivity contribution in [3.63, 3.8) is 0 Å². The molecule has 3 nitrogen and oxygen atoms in total. The summed E-state index contributed by atoms with van der Waals surface area (Å²) in [5, 5.41) is 3.03. The van der Waals surface area contributed by atoms with Crippen LogP contribution in [0.2, 0.25) is 0 Å². The molecule has 1 atom stereocenters. The fourth-order valence-electron chi connectivity index (χ4n) is 2.27. The third-order valence-electron chi connectivity index (χ3n) is 3.58. The monoisotopic (exact) mass is 283 g/mol. The van der Waals surface area contributed by atoms with Crippen molar-refractivity contribution < 1.29 is 9.53 Å². The van der Waals surface area contributed by atoms with Gasteiger partial charge in [-0.05, 0) is 42.7 Å². The van der Waals surface area contributed by atoms with Gasteiger partial charge in [0.05, 0.1) is 19.6 Å². The van der Waals surface area contributed by atoms with Crippen molar-refractivity contribution in [1.82, 2.24) is 5.32 Å². The molecule has 2 aromatic carbocycles. The number of benzene rings is 2. The summed E-state index contributed by atoms with van der Waals surface area (Å²) in [6.45, 7) is 4.00. The summed E-state index contributed by atoms with van der Waals surface area (Å²) in [6, 6.07) is 15.7. The van der Waals surface area contributed by atoms with E-state index in [1.54, 1.807) is 7.11 Å². The number of aryl methyl sites for hydroxylation is 1. The number of ether oxygens (including phenoxy) is 1. The minimum absolute atomic E-state index is 0.0274. The van der Waals surface area contributed by atoms with Gasteiger partial charge in [0.2, 0.25) is 5.91 Å². The van der Waals surface area contributed by atoms with E-state index >= 15 is 0 Å². The largest absolute Gasteiger partial charge is 0.497 e. The summed E-state index contributed by atoms with van der Waals surface area (Å²) in [5.74, 6) is 0.826. The fraction of sp³-hybridized carbons (Fsp3) is 0.278. The normalized spacial score (nSPS) is 11.8. The van der Waals surface area contributed by atoms with Gasteiger partial charge in [-0.25, -0.2) is 0 Å². The van der Waals surface area contributed by atoms with Crippen molar-refractivity contribution in [3.8, 4) is 5.75 Å². The standard InChI is InChI=1S/C18H21NO2/c1-13-7-4-5-8-15(13)12-18(20)19-14(2)16-9-6-10-17(11-16)21-3/h4-11,14H,12H2,1-3H3,(H,19,20)/t14-/m0/s1. The van der Waals surface area contributed by atoms with Crippen molar-refractivity contribution in [2.45, 2.75) is 26.3 Å². The van der Waals surface area contributed by atoms with Gasteiger partial charge in [-0.15, -0.1) is 0 Å². The van der Waals surface area contributed by atoms with Crippen molar-refractivity contribution in [1.29, 1.82) is 0 Å². The molecule has 0 saturated heterocycles. The Labute approximate surface area is 126 Å². The van der Waals surface area contributed by atoms with Gasteiger partial charge in [0.25, 0.3) is 0 Å². The first-order chi connectivity index (χ1) is 10.1. The molecular formula is C18H21NO2. The second kappa shape index (κ2) is 6.93. The molecule has 1 amide bonds. The van der Waals surface area contributed by atoms with Gasteiger partial charge in [-0.1, -0.05) is 36.4 Å². The SMILES string of the molecule is COc1cccc([C@H](C)NC(=O)Cc2ccccc2C)c1. The number of hydrogen-bond donors (Lipinski definition) is 1. The van der Waals surface area contributed by atoms with Gasteiger partial charge in [0.15, 0.2) is 0 Å². The number of carbonyl (C=O) groups is 1. The lowest BCUT2D eigenvalue weighted by Crippen LogP contribution is -2.28. The Bertz CT molecular complexity index is 622. The zero-order valence-corrected chi connectivity index (χ0v) is 12.7. The van der Waals surface area contributed by atoms with Gasteiger partial charge in [-0.2, -0.15) is 0 Å². The van der Waals surface area contributed by atoms with E-state index in [1.807, 2.05) is 62.4 Å². The predicted molar refractivity (Wildman–Crippen MR) is 84.4 cm³/mol. The molecule has 0 aromatic heterocycles. The summed E-state index contributed by atoms with van der Waals surface area (Å²) >= 11 is 0. The maximum absolute atomic E-state index is 12.2. The maximum Gasteiger partial charge on any atom is 0.224 e. The van der Waals surface area contributed by atoms with Crippen LogP contribution in [0.1, 0.15) is 29.7 Å². The number of carbonyl (C=O) groups excluding carboxylic acids is 1. The van der Waals surface area contributed by atoms with Gasteiger partial charge in [0, 0.05) is 0 Å². The molecule has 21 heavy (non-hydrogen) atoms. The highest BCUT2D eigenvalue weighted by Gasteiger charge is 2.11. The van der Waals surface area contributed by atoms with E-state index in [1.165, 1.54) is 0 Å². The van der Waals surface area contributed by atoms with E-state index in [2.05, 4.69) is 5.32 Å². The third kappa shape index (κ3) is 4.09. The van der Waals surface area contributed by atoms with Crippen LogP contribution in [-0.2, 0) is 11.2 Å². The minimum Gasteiger partial charge on any atom is -0.497 e. The van der Waals surface area contributed by atoms with E-state index in [4.69, 9.17) is 4.74 Å². The van der Waals surface area contributed by atoms with Crippen LogP contribution in [0.4, 0.5) is 0 Å². The maximum atomic E-state index is 12.2. The first-order valence-electron chi connectivity index (χ1n) is 7.08. The molecule has 0 aliphatic carbocycles. The molecule has 0 radical (unpaired) electrons. The molecule has 0 saturated carbocycles. The highest BCUT2D eigenvalue weighted by Crippen LogP contribution is 2.19. The van der Waals surface area contributed by atoms with Gasteiger partial charge < -0.3 is 10.1 Å². The molecule has 0 heterocycles. The highest BCUT2D eigenvalue weighted by molar-refractivity contribution is 5.79. The van der Waals surface area contributed by atoms with Crippen LogP contribution >= 0.6 is 0 Å². The zero-order chi connectivity index (χ0) is 15.2. The van der Waals surface area contributed by atoms with E-state index in [0.717, 1.165) is 22.4 Å². The molecule has 2 rings (SSSR count). The summed E-state index contributed by atoms with van der Waals surface area (Å²) in [5.41, 5.74) is 3.24. The molecule has 0 aliphatic rings. The quantitative estimate of drug-likeness (QED) is 0.913. The lowest BCUT2D eigenvalue weighted by atomic mass is 10.0. The van der Waals surface area contributed by atoms with Gasteiger partial charge >= 0.3 is 0 Å². The summed E-state index contributed by atoms with van der Waals surface area (Å²) in [6.07, 6.45) is 0.404. The van der Waals surface area contributed by atoms with Crippen molar-refractivity contribution >= 4 is 5.91 Å². The van der Waals surface area contributed by atoms with E-state index in [9.17, 15) is 4.79 Å². The fourth-order valence-corrected chi connectivity index (χ4v) is 2.27. The number of hydrogen-bond acceptors (Lipinski definition) is 2. The number of amides is 1. The average Bonchev–Trinajstić information content (AvgIpc) is 2.49. The molecule has 3 heteroatoms. The van der Waals surface area contributed by atoms with Crippen LogP contribution in [-0.4, -0.2) is 13.0 Å². The Morgan fingerprint density at radius 3 is 2.67 bits per heavy atom. The predicted octanol–water partition coefficient (Wildman–Crippen LogP) is 3.42. The van der Waals surface area contributed by atoms with Gasteiger partial charge in [-0.3, -0.25) is 4.79 Å². The van der Waals surface area contributed by atoms with Crippen LogP contribution in [0.5, 0.6) is 5.75 Å². The van der Waals surface area contributed by atoms with Crippen LogP contribution in [0.3, 0.4) is 0 Å². The second-order valence-electron chi connectivity index (χ2n) is 5.17. The Balaban J connectivity index is 2.00. The lowest BCUT2D eigenvalue weighted by Gasteiger charge is -2.15. The smallest absolute Gasteiger partial charge is 0.224 e. The zero-order valence-electron chi connectivity index (χ0n) is 12.7. The van der Waals surface area contributed by atoms with Gasteiger partial charge in [0.1, 0.15) is 5.75 Å². The van der Waals surface area contributed by atoms with E-state index in [-0.39, 0.29) is 11.9 Å². The highest BCUT2D eigenvalue weighted by atomic mass is 16.5. The van der Waals surface area contributed by atoms with Crippen molar-refractivity contribution in [2.24, 2.45) is 0 Å². The van der Waals surface area contributed by atoms with E-state index < -0.39 is 0 Å². The third-order valence-corrected chi connectivity index (χ3v) is 3.58. The average molecular weight is 283 g/mol. The Morgan fingerprint density at radius 1 is 1.19 bits per heavy atom.